The zero-order valence-electron chi connectivity index (χ0n) is 10.2. The van der Waals surface area contributed by atoms with E-state index >= 15 is 0 Å². The Kier molecular flexibility index (Phi) is 4.28. The van der Waals surface area contributed by atoms with E-state index in [0.29, 0.717) is 28.0 Å². The first-order valence-corrected chi connectivity index (χ1v) is 6.98. The van der Waals surface area contributed by atoms with Gasteiger partial charge in [-0.05, 0) is 35.8 Å². The second kappa shape index (κ2) is 5.61. The van der Waals surface area contributed by atoms with Gasteiger partial charge in [0.25, 0.3) is 0 Å². The average molecular weight is 363 g/mol. The maximum atomic E-state index is 11.9. The molecular formula is C12H10BrCl2N3O. The first kappa shape index (κ1) is 14.5. The van der Waals surface area contributed by atoms with Crippen LogP contribution in [0.5, 0.6) is 0 Å². The fraction of sp³-hybridized carbons (Fsp3) is 0.250. The SMILES string of the molecule is Cc1nc(=O)n(Cc2cnc(Cl)cc2Cl)c(C)c1Br. The summed E-state index contributed by atoms with van der Waals surface area (Å²) in [5.41, 5.74) is 1.86. The van der Waals surface area contributed by atoms with E-state index in [9.17, 15) is 4.79 Å². The van der Waals surface area contributed by atoms with Crippen LogP contribution in [0.3, 0.4) is 0 Å². The Morgan fingerprint density at radius 2 is 2.05 bits per heavy atom. The van der Waals surface area contributed by atoms with Gasteiger partial charge in [0.1, 0.15) is 5.15 Å². The molecule has 0 fully saturated rings. The van der Waals surface area contributed by atoms with E-state index in [4.69, 9.17) is 23.2 Å². The molecule has 0 saturated heterocycles. The molecule has 0 aromatic carbocycles. The molecule has 19 heavy (non-hydrogen) atoms. The number of rotatable bonds is 2. The molecule has 0 N–H and O–H groups in total. The van der Waals surface area contributed by atoms with E-state index in [1.165, 1.54) is 4.57 Å². The Balaban J connectivity index is 2.50. The highest BCUT2D eigenvalue weighted by molar-refractivity contribution is 9.10. The van der Waals surface area contributed by atoms with Gasteiger partial charge >= 0.3 is 5.69 Å². The molecule has 0 aliphatic heterocycles. The smallest absolute Gasteiger partial charge is 0.291 e. The van der Waals surface area contributed by atoms with Crippen LogP contribution in [0.25, 0.3) is 0 Å². The van der Waals surface area contributed by atoms with Gasteiger partial charge in [-0.2, -0.15) is 4.98 Å². The Bertz CT molecular complexity index is 700. The van der Waals surface area contributed by atoms with Crippen LogP contribution in [0.2, 0.25) is 10.2 Å². The average Bonchev–Trinajstić information content (AvgIpc) is 2.34. The third-order valence-corrected chi connectivity index (χ3v) is 4.47. The van der Waals surface area contributed by atoms with Gasteiger partial charge in [-0.1, -0.05) is 23.2 Å². The molecule has 0 bridgehead atoms. The van der Waals surface area contributed by atoms with Crippen LogP contribution in [-0.2, 0) is 6.54 Å². The van der Waals surface area contributed by atoms with Gasteiger partial charge < -0.3 is 0 Å². The van der Waals surface area contributed by atoms with Crippen LogP contribution in [0.15, 0.2) is 21.5 Å². The lowest BCUT2D eigenvalue weighted by molar-refractivity contribution is 0.687. The van der Waals surface area contributed by atoms with Gasteiger partial charge in [0.05, 0.1) is 21.7 Å². The number of aromatic nitrogens is 3. The molecule has 7 heteroatoms. The van der Waals surface area contributed by atoms with Gasteiger partial charge in [-0.3, -0.25) is 4.57 Å². The minimum Gasteiger partial charge on any atom is -0.291 e. The standard InChI is InChI=1S/C12H10BrCl2N3O/c1-6-11(13)7(2)18(12(19)17-6)5-8-4-16-10(15)3-9(8)14/h3-4H,5H2,1-2H3. The van der Waals surface area contributed by atoms with Crippen LogP contribution in [0.4, 0.5) is 0 Å². The molecule has 0 spiro atoms. The maximum Gasteiger partial charge on any atom is 0.348 e. The van der Waals surface area contributed by atoms with Crippen molar-refractivity contribution in [3.05, 3.63) is 54.3 Å². The van der Waals surface area contributed by atoms with Crippen molar-refractivity contribution in [1.82, 2.24) is 14.5 Å². The first-order valence-electron chi connectivity index (χ1n) is 5.43. The predicted molar refractivity (Wildman–Crippen MR) is 79.0 cm³/mol. The van der Waals surface area contributed by atoms with Gasteiger partial charge in [-0.15, -0.1) is 0 Å². The largest absolute Gasteiger partial charge is 0.348 e. The zero-order chi connectivity index (χ0) is 14.2. The molecule has 2 heterocycles. The first-order chi connectivity index (χ1) is 8.90. The molecule has 2 aromatic heterocycles. The van der Waals surface area contributed by atoms with E-state index in [2.05, 4.69) is 25.9 Å². The minimum atomic E-state index is -0.316. The predicted octanol–water partition coefficient (Wildman–Crippen LogP) is 3.37. The number of halogens is 3. The normalized spacial score (nSPS) is 10.8. The molecule has 4 nitrogen and oxygen atoms in total. The Morgan fingerprint density at radius 1 is 1.37 bits per heavy atom. The van der Waals surface area contributed by atoms with Gasteiger partial charge in [-0.25, -0.2) is 9.78 Å². The molecule has 0 unspecified atom stereocenters. The molecule has 0 aliphatic carbocycles. The number of aryl methyl sites for hydroxylation is 1. The third kappa shape index (κ3) is 2.99. The third-order valence-electron chi connectivity index (χ3n) is 2.76. The second-order valence-electron chi connectivity index (χ2n) is 4.06. The summed E-state index contributed by atoms with van der Waals surface area (Å²) in [6.45, 7) is 3.93. The van der Waals surface area contributed by atoms with Crippen molar-refractivity contribution in [2.24, 2.45) is 0 Å². The molecule has 0 saturated carbocycles. The van der Waals surface area contributed by atoms with Crippen LogP contribution < -0.4 is 5.69 Å². The summed E-state index contributed by atoms with van der Waals surface area (Å²) in [6, 6.07) is 1.55. The molecule has 2 aromatic rings. The van der Waals surface area contributed by atoms with Crippen molar-refractivity contribution in [3.8, 4) is 0 Å². The van der Waals surface area contributed by atoms with Crippen molar-refractivity contribution < 1.29 is 0 Å². The lowest BCUT2D eigenvalue weighted by atomic mass is 10.2. The molecule has 0 radical (unpaired) electrons. The summed E-state index contributed by atoms with van der Waals surface area (Å²) >= 11 is 15.2. The van der Waals surface area contributed by atoms with E-state index in [1.54, 1.807) is 19.2 Å². The maximum absolute atomic E-state index is 11.9. The number of pyridine rings is 1. The summed E-state index contributed by atoms with van der Waals surface area (Å²) in [6.07, 6.45) is 1.56. The highest BCUT2D eigenvalue weighted by atomic mass is 79.9. The molecule has 2 rings (SSSR count). The lowest BCUT2D eigenvalue weighted by Crippen LogP contribution is -2.27. The van der Waals surface area contributed by atoms with Crippen molar-refractivity contribution >= 4 is 39.1 Å². The Hall–Kier alpha value is -0.910. The zero-order valence-corrected chi connectivity index (χ0v) is 13.3. The van der Waals surface area contributed by atoms with Crippen molar-refractivity contribution in [2.45, 2.75) is 20.4 Å². The van der Waals surface area contributed by atoms with E-state index < -0.39 is 0 Å². The minimum absolute atomic E-state index is 0.305. The molecule has 100 valence electrons. The molecule has 0 atom stereocenters. The monoisotopic (exact) mass is 361 g/mol. The lowest BCUT2D eigenvalue weighted by Gasteiger charge is -2.12. The van der Waals surface area contributed by atoms with Crippen molar-refractivity contribution in [1.29, 1.82) is 0 Å². The topological polar surface area (TPSA) is 47.8 Å². The fourth-order valence-electron chi connectivity index (χ4n) is 1.69. The highest BCUT2D eigenvalue weighted by Crippen LogP contribution is 2.21. The quantitative estimate of drug-likeness (QED) is 0.769. The molecule has 0 aliphatic rings. The van der Waals surface area contributed by atoms with E-state index in [-0.39, 0.29) is 5.69 Å². The fourth-order valence-corrected chi connectivity index (χ4v) is 2.41. The summed E-state index contributed by atoms with van der Waals surface area (Å²) in [5, 5.41) is 0.795. The highest BCUT2D eigenvalue weighted by Gasteiger charge is 2.11. The summed E-state index contributed by atoms with van der Waals surface area (Å²) in [4.78, 5) is 19.9. The number of hydrogen-bond acceptors (Lipinski definition) is 3. The number of nitrogens with zero attached hydrogens (tertiary/aromatic N) is 3. The number of hydrogen-bond donors (Lipinski definition) is 0. The van der Waals surface area contributed by atoms with E-state index in [0.717, 1.165) is 10.2 Å². The summed E-state index contributed by atoms with van der Waals surface area (Å²) < 4.78 is 2.35. The van der Waals surface area contributed by atoms with Gasteiger partial charge in [0, 0.05) is 17.5 Å². The Labute approximate surface area is 128 Å². The summed E-state index contributed by atoms with van der Waals surface area (Å²) in [5.74, 6) is 0. The Morgan fingerprint density at radius 3 is 2.68 bits per heavy atom. The van der Waals surface area contributed by atoms with Crippen LogP contribution in [0, 0.1) is 13.8 Å². The second-order valence-corrected chi connectivity index (χ2v) is 5.65. The van der Waals surface area contributed by atoms with Crippen LogP contribution >= 0.6 is 39.1 Å². The summed E-state index contributed by atoms with van der Waals surface area (Å²) in [7, 11) is 0. The molecule has 0 amide bonds. The van der Waals surface area contributed by atoms with Crippen LogP contribution in [-0.4, -0.2) is 14.5 Å². The van der Waals surface area contributed by atoms with Gasteiger partial charge in [0.15, 0.2) is 0 Å². The van der Waals surface area contributed by atoms with Crippen molar-refractivity contribution in [3.63, 3.8) is 0 Å². The van der Waals surface area contributed by atoms with Crippen LogP contribution in [0.1, 0.15) is 17.0 Å². The van der Waals surface area contributed by atoms with E-state index in [1.807, 2.05) is 6.92 Å². The van der Waals surface area contributed by atoms with Gasteiger partial charge in [0.2, 0.25) is 0 Å². The van der Waals surface area contributed by atoms with Crippen molar-refractivity contribution in [2.75, 3.05) is 0 Å². The molecular weight excluding hydrogens is 353 g/mol.